The molecule has 0 atom stereocenters. The van der Waals surface area contributed by atoms with E-state index in [2.05, 4.69) is 31.9 Å². The third kappa shape index (κ3) is 10.6. The van der Waals surface area contributed by atoms with E-state index < -0.39 is 0 Å². The van der Waals surface area contributed by atoms with Gasteiger partial charge in [-0.15, -0.1) is 0 Å². The summed E-state index contributed by atoms with van der Waals surface area (Å²) >= 11 is 5.60. The highest BCUT2D eigenvalue weighted by molar-refractivity contribution is 9.19. The molecule has 0 unspecified atom stereocenters. The van der Waals surface area contributed by atoms with Crippen LogP contribution in [0.2, 0.25) is 0 Å². The van der Waals surface area contributed by atoms with Crippen molar-refractivity contribution >= 4 is 36.6 Å². The average molecular weight is 286 g/mol. The van der Waals surface area contributed by atoms with Crippen molar-refractivity contribution in [1.82, 2.24) is 0 Å². The lowest BCUT2D eigenvalue weighted by Gasteiger charge is -2.05. The SMILES string of the molecule is C1CCCCC1.O=C(Br)CBr. The molecule has 66 valence electrons. The second-order valence-corrected chi connectivity index (χ2v) is 4.06. The highest BCUT2D eigenvalue weighted by Crippen LogP contribution is 2.15. The Bertz CT molecular complexity index is 88.8. The van der Waals surface area contributed by atoms with Crippen LogP contribution in [-0.2, 0) is 4.79 Å². The van der Waals surface area contributed by atoms with Gasteiger partial charge in [-0.3, -0.25) is 4.79 Å². The molecule has 0 aliphatic heterocycles. The number of hydrogen-bond acceptors (Lipinski definition) is 1. The number of hydrogen-bond donors (Lipinski definition) is 0. The van der Waals surface area contributed by atoms with Gasteiger partial charge in [0.1, 0.15) is 0 Å². The molecular weight excluding hydrogens is 272 g/mol. The van der Waals surface area contributed by atoms with Crippen LogP contribution < -0.4 is 0 Å². The summed E-state index contributed by atoms with van der Waals surface area (Å²) in [4.78, 5) is 9.68. The molecule has 0 aromatic heterocycles. The normalized spacial score (nSPS) is 16.5. The van der Waals surface area contributed by atoms with Gasteiger partial charge in [0.2, 0.25) is 4.69 Å². The van der Waals surface area contributed by atoms with Crippen LogP contribution in [0.25, 0.3) is 0 Å². The van der Waals surface area contributed by atoms with Gasteiger partial charge < -0.3 is 0 Å². The van der Waals surface area contributed by atoms with E-state index in [1.165, 1.54) is 38.5 Å². The van der Waals surface area contributed by atoms with Crippen LogP contribution in [0.3, 0.4) is 0 Å². The van der Waals surface area contributed by atoms with Gasteiger partial charge in [0.15, 0.2) is 0 Å². The fourth-order valence-electron chi connectivity index (χ4n) is 1.06. The van der Waals surface area contributed by atoms with E-state index in [4.69, 9.17) is 0 Å². The summed E-state index contributed by atoms with van der Waals surface area (Å²) in [5.74, 6) is 0. The number of rotatable bonds is 1. The van der Waals surface area contributed by atoms with Crippen LogP contribution in [0.5, 0.6) is 0 Å². The molecule has 1 nitrogen and oxygen atoms in total. The molecule has 3 heteroatoms. The Balaban J connectivity index is 0.000000187. The molecule has 0 saturated heterocycles. The van der Waals surface area contributed by atoms with Crippen molar-refractivity contribution in [3.8, 4) is 0 Å². The van der Waals surface area contributed by atoms with Crippen LogP contribution in [0, 0.1) is 0 Å². The van der Waals surface area contributed by atoms with Gasteiger partial charge in [0, 0.05) is 0 Å². The Hall–Kier alpha value is 0.630. The average Bonchev–Trinajstić information content (AvgIpc) is 2.09. The van der Waals surface area contributed by atoms with E-state index in [-0.39, 0.29) is 4.69 Å². The number of carbonyl (C=O) groups excluding carboxylic acids is 1. The van der Waals surface area contributed by atoms with Crippen LogP contribution in [0.4, 0.5) is 0 Å². The van der Waals surface area contributed by atoms with Gasteiger partial charge >= 0.3 is 0 Å². The first kappa shape index (κ1) is 11.6. The summed E-state index contributed by atoms with van der Waals surface area (Å²) in [7, 11) is 0. The summed E-state index contributed by atoms with van der Waals surface area (Å²) in [6.45, 7) is 0. The highest BCUT2D eigenvalue weighted by Gasteiger charge is 1.95. The first-order chi connectivity index (χ1) is 5.27. The molecule has 0 N–H and O–H groups in total. The van der Waals surface area contributed by atoms with E-state index in [0.717, 1.165) is 0 Å². The van der Waals surface area contributed by atoms with E-state index in [0.29, 0.717) is 5.33 Å². The lowest BCUT2D eigenvalue weighted by molar-refractivity contribution is -0.108. The minimum Gasteiger partial charge on any atom is -0.286 e. The van der Waals surface area contributed by atoms with Gasteiger partial charge in [0.25, 0.3) is 0 Å². The quantitative estimate of drug-likeness (QED) is 0.531. The Morgan fingerprint density at radius 2 is 1.18 bits per heavy atom. The lowest BCUT2D eigenvalue weighted by Crippen LogP contribution is -1.85. The summed E-state index contributed by atoms with van der Waals surface area (Å²) in [6, 6.07) is 0. The van der Waals surface area contributed by atoms with Crippen molar-refractivity contribution in [2.24, 2.45) is 0 Å². The van der Waals surface area contributed by atoms with Crippen LogP contribution in [0.15, 0.2) is 0 Å². The first-order valence-corrected chi connectivity index (χ1v) is 5.93. The smallest absolute Gasteiger partial charge is 0.208 e. The molecule has 1 saturated carbocycles. The molecule has 1 aliphatic rings. The monoisotopic (exact) mass is 284 g/mol. The maximum atomic E-state index is 9.68. The summed E-state index contributed by atoms with van der Waals surface area (Å²) in [5.41, 5.74) is 0. The summed E-state index contributed by atoms with van der Waals surface area (Å²) in [5, 5.41) is 0.396. The molecule has 0 aromatic carbocycles. The Morgan fingerprint density at radius 3 is 1.27 bits per heavy atom. The molecule has 0 aromatic rings. The van der Waals surface area contributed by atoms with Crippen molar-refractivity contribution in [1.29, 1.82) is 0 Å². The second kappa shape index (κ2) is 8.72. The zero-order chi connectivity index (χ0) is 8.53. The lowest BCUT2D eigenvalue weighted by atomic mass is 10.0. The maximum absolute atomic E-state index is 9.68. The number of alkyl halides is 1. The van der Waals surface area contributed by atoms with Gasteiger partial charge in [-0.25, -0.2) is 0 Å². The topological polar surface area (TPSA) is 17.1 Å². The van der Waals surface area contributed by atoms with Crippen molar-refractivity contribution in [3.63, 3.8) is 0 Å². The molecule has 0 radical (unpaired) electrons. The molecule has 11 heavy (non-hydrogen) atoms. The number of halogens is 2. The van der Waals surface area contributed by atoms with Crippen LogP contribution in [0.1, 0.15) is 38.5 Å². The molecule has 1 rings (SSSR count). The zero-order valence-electron chi connectivity index (χ0n) is 6.61. The largest absolute Gasteiger partial charge is 0.286 e. The van der Waals surface area contributed by atoms with Gasteiger partial charge in [-0.1, -0.05) is 54.5 Å². The van der Waals surface area contributed by atoms with Crippen molar-refractivity contribution in [2.75, 3.05) is 5.33 Å². The second-order valence-electron chi connectivity index (χ2n) is 2.61. The van der Waals surface area contributed by atoms with Crippen molar-refractivity contribution in [2.45, 2.75) is 38.5 Å². The molecule has 1 fully saturated rings. The summed E-state index contributed by atoms with van der Waals surface area (Å²) < 4.78 is -0.0162. The Labute approximate surface area is 85.2 Å². The standard InChI is InChI=1S/C6H12.C2H2Br2O/c1-2-4-6-5-3-1;3-1-2(4)5/h1-6H2;1H2. The van der Waals surface area contributed by atoms with E-state index in [1.54, 1.807) is 0 Å². The maximum Gasteiger partial charge on any atom is 0.208 e. The molecule has 0 bridgehead atoms. The fraction of sp³-hybridized carbons (Fsp3) is 0.875. The third-order valence-electron chi connectivity index (χ3n) is 1.61. The predicted molar refractivity (Wildman–Crippen MR) is 55.4 cm³/mol. The molecular formula is C8H14Br2O. The third-order valence-corrected chi connectivity index (χ3v) is 3.15. The van der Waals surface area contributed by atoms with E-state index >= 15 is 0 Å². The molecule has 0 amide bonds. The van der Waals surface area contributed by atoms with Gasteiger partial charge in [0.05, 0.1) is 5.33 Å². The van der Waals surface area contributed by atoms with E-state index in [1.807, 2.05) is 0 Å². The minimum absolute atomic E-state index is 0.0162. The Kier molecular flexibility index (Phi) is 9.22. The zero-order valence-corrected chi connectivity index (χ0v) is 9.79. The van der Waals surface area contributed by atoms with Crippen LogP contribution >= 0.6 is 31.9 Å². The van der Waals surface area contributed by atoms with Crippen molar-refractivity contribution < 1.29 is 4.79 Å². The Morgan fingerprint density at radius 1 is 1.00 bits per heavy atom. The first-order valence-electron chi connectivity index (χ1n) is 4.01. The fourth-order valence-corrected chi connectivity index (χ4v) is 1.06. The molecule has 1 aliphatic carbocycles. The molecule has 0 heterocycles. The molecule has 0 spiro atoms. The predicted octanol–water partition coefficient (Wildman–Crippen LogP) is 3.64. The van der Waals surface area contributed by atoms with Gasteiger partial charge in [-0.05, 0) is 15.9 Å². The van der Waals surface area contributed by atoms with E-state index in [9.17, 15) is 4.79 Å². The van der Waals surface area contributed by atoms with Gasteiger partial charge in [-0.2, -0.15) is 0 Å². The highest BCUT2D eigenvalue weighted by atomic mass is 79.9. The van der Waals surface area contributed by atoms with Crippen LogP contribution in [-0.4, -0.2) is 10.0 Å². The minimum atomic E-state index is -0.0162. The number of carbonyl (C=O) groups is 1. The summed E-state index contributed by atoms with van der Waals surface area (Å²) in [6.07, 6.45) is 9.00. The van der Waals surface area contributed by atoms with Crippen molar-refractivity contribution in [3.05, 3.63) is 0 Å².